The molecule has 0 atom stereocenters. The van der Waals surface area contributed by atoms with Gasteiger partial charge in [-0.1, -0.05) is 13.3 Å². The molecule has 3 heteroatoms. The van der Waals surface area contributed by atoms with Crippen molar-refractivity contribution >= 4 is 12.3 Å². The number of unbranched alkanes of at least 4 members (excludes halogenated alkanes) is 1. The predicted molar refractivity (Wildman–Crippen MR) is 36.5 cm³/mol. The van der Waals surface area contributed by atoms with E-state index in [1.165, 1.54) is 0 Å². The van der Waals surface area contributed by atoms with E-state index in [1.807, 2.05) is 6.92 Å². The summed E-state index contributed by atoms with van der Waals surface area (Å²) in [4.78, 5) is 20.3. The summed E-state index contributed by atoms with van der Waals surface area (Å²) in [5.41, 5.74) is 0. The molecule has 0 saturated carbocycles. The second-order valence-electron chi connectivity index (χ2n) is 1.95. The summed E-state index contributed by atoms with van der Waals surface area (Å²) in [6.07, 6.45) is 2.79. The van der Waals surface area contributed by atoms with Crippen LogP contribution in [0.15, 0.2) is 0 Å². The van der Waals surface area contributed by atoms with Crippen LogP contribution in [0.2, 0.25) is 0 Å². The van der Waals surface area contributed by atoms with Gasteiger partial charge in [0.15, 0.2) is 6.29 Å². The fraction of sp³-hybridized carbons (Fsp3) is 0.714. The molecule has 10 heavy (non-hydrogen) atoms. The van der Waals surface area contributed by atoms with Gasteiger partial charge in [-0.3, -0.25) is 9.59 Å². The maximum atomic E-state index is 10.6. The van der Waals surface area contributed by atoms with E-state index in [-0.39, 0.29) is 12.6 Å². The van der Waals surface area contributed by atoms with Crippen LogP contribution in [-0.2, 0) is 14.3 Å². The van der Waals surface area contributed by atoms with Crippen molar-refractivity contribution < 1.29 is 14.3 Å². The molecule has 0 aliphatic rings. The van der Waals surface area contributed by atoms with Crippen molar-refractivity contribution in [2.75, 3.05) is 6.61 Å². The molecule has 0 aromatic heterocycles. The van der Waals surface area contributed by atoms with Gasteiger partial charge in [-0.15, -0.1) is 0 Å². The van der Waals surface area contributed by atoms with Crippen LogP contribution in [0.1, 0.15) is 26.2 Å². The van der Waals surface area contributed by atoms with Crippen LogP contribution in [0.5, 0.6) is 0 Å². The van der Waals surface area contributed by atoms with Gasteiger partial charge in [0.25, 0.3) is 0 Å². The first-order valence-electron chi connectivity index (χ1n) is 3.40. The van der Waals surface area contributed by atoms with Crippen molar-refractivity contribution in [2.24, 2.45) is 0 Å². The zero-order valence-electron chi connectivity index (χ0n) is 6.13. The van der Waals surface area contributed by atoms with Gasteiger partial charge in [-0.25, -0.2) is 0 Å². The van der Waals surface area contributed by atoms with E-state index in [0.717, 1.165) is 12.8 Å². The van der Waals surface area contributed by atoms with Gasteiger partial charge in [-0.2, -0.15) is 0 Å². The molecule has 0 unspecified atom stereocenters. The number of aldehydes is 1. The van der Waals surface area contributed by atoms with Crippen LogP contribution in [-0.4, -0.2) is 18.9 Å². The van der Waals surface area contributed by atoms with E-state index in [2.05, 4.69) is 4.74 Å². The SMILES string of the molecule is CCCCC(=O)OCC=O. The first kappa shape index (κ1) is 9.14. The Hall–Kier alpha value is -0.860. The molecular formula is C7H12O3. The van der Waals surface area contributed by atoms with Crippen LogP contribution < -0.4 is 0 Å². The zero-order chi connectivity index (χ0) is 7.82. The Balaban J connectivity index is 3.16. The van der Waals surface area contributed by atoms with E-state index in [1.54, 1.807) is 0 Å². The molecule has 58 valence electrons. The zero-order valence-corrected chi connectivity index (χ0v) is 6.13. The minimum absolute atomic E-state index is 0.109. The number of ether oxygens (including phenoxy) is 1. The third-order valence-corrected chi connectivity index (χ3v) is 1.05. The van der Waals surface area contributed by atoms with Crippen LogP contribution in [0.4, 0.5) is 0 Å². The summed E-state index contributed by atoms with van der Waals surface area (Å²) < 4.78 is 4.49. The van der Waals surface area contributed by atoms with Crippen LogP contribution in [0.3, 0.4) is 0 Å². The monoisotopic (exact) mass is 144 g/mol. The van der Waals surface area contributed by atoms with Gasteiger partial charge < -0.3 is 4.74 Å². The van der Waals surface area contributed by atoms with E-state index in [9.17, 15) is 9.59 Å². The fourth-order valence-corrected chi connectivity index (χ4v) is 0.520. The number of hydrogen-bond donors (Lipinski definition) is 0. The second-order valence-corrected chi connectivity index (χ2v) is 1.95. The standard InChI is InChI=1S/C7H12O3/c1-2-3-4-7(9)10-6-5-8/h5H,2-4,6H2,1H3. The average Bonchev–Trinajstić information content (AvgIpc) is 1.97. The van der Waals surface area contributed by atoms with Crippen molar-refractivity contribution in [3.63, 3.8) is 0 Å². The summed E-state index contributed by atoms with van der Waals surface area (Å²) in [7, 11) is 0. The van der Waals surface area contributed by atoms with Crippen molar-refractivity contribution in [1.82, 2.24) is 0 Å². The van der Waals surface area contributed by atoms with Crippen molar-refractivity contribution in [3.8, 4) is 0 Å². The lowest BCUT2D eigenvalue weighted by molar-refractivity contribution is -0.145. The van der Waals surface area contributed by atoms with Gasteiger partial charge in [0.05, 0.1) is 0 Å². The normalized spacial score (nSPS) is 8.90. The van der Waals surface area contributed by atoms with Crippen molar-refractivity contribution in [3.05, 3.63) is 0 Å². The Bertz CT molecular complexity index is 109. The highest BCUT2D eigenvalue weighted by molar-refractivity contribution is 5.71. The first-order chi connectivity index (χ1) is 4.81. The molecule has 0 saturated heterocycles. The smallest absolute Gasteiger partial charge is 0.306 e. The summed E-state index contributed by atoms with van der Waals surface area (Å²) in [5, 5.41) is 0. The molecule has 0 heterocycles. The summed E-state index contributed by atoms with van der Waals surface area (Å²) >= 11 is 0. The summed E-state index contributed by atoms with van der Waals surface area (Å²) in [6.45, 7) is 1.88. The van der Waals surface area contributed by atoms with Gasteiger partial charge in [0.1, 0.15) is 6.61 Å². The van der Waals surface area contributed by atoms with Crippen molar-refractivity contribution in [1.29, 1.82) is 0 Å². The molecule has 0 amide bonds. The average molecular weight is 144 g/mol. The largest absolute Gasteiger partial charge is 0.458 e. The number of esters is 1. The fourth-order valence-electron chi connectivity index (χ4n) is 0.520. The maximum absolute atomic E-state index is 10.6. The van der Waals surface area contributed by atoms with Crippen LogP contribution in [0, 0.1) is 0 Å². The topological polar surface area (TPSA) is 43.4 Å². The quantitative estimate of drug-likeness (QED) is 0.425. The number of carbonyl (C=O) groups excluding carboxylic acids is 2. The Kier molecular flexibility index (Phi) is 5.72. The van der Waals surface area contributed by atoms with Gasteiger partial charge in [-0.05, 0) is 6.42 Å². The van der Waals surface area contributed by atoms with Crippen LogP contribution >= 0.6 is 0 Å². The molecule has 0 rings (SSSR count). The highest BCUT2D eigenvalue weighted by Crippen LogP contribution is 1.95. The molecule has 0 aliphatic heterocycles. The third kappa shape index (κ3) is 5.28. The molecule has 0 N–H and O–H groups in total. The highest BCUT2D eigenvalue weighted by atomic mass is 16.5. The van der Waals surface area contributed by atoms with E-state index in [4.69, 9.17) is 0 Å². The molecule has 3 nitrogen and oxygen atoms in total. The molecule has 0 aromatic rings. The second kappa shape index (κ2) is 6.26. The molecule has 0 spiro atoms. The molecule has 0 radical (unpaired) electrons. The molecular weight excluding hydrogens is 132 g/mol. The Morgan fingerprint density at radius 2 is 2.30 bits per heavy atom. The predicted octanol–water partition coefficient (Wildman–Crippen LogP) is 0.919. The van der Waals surface area contributed by atoms with Gasteiger partial charge >= 0.3 is 5.97 Å². The van der Waals surface area contributed by atoms with Crippen molar-refractivity contribution in [2.45, 2.75) is 26.2 Å². The Morgan fingerprint density at radius 1 is 1.60 bits per heavy atom. The summed E-state index contributed by atoms with van der Waals surface area (Å²) in [6, 6.07) is 0. The molecule has 0 fully saturated rings. The Labute approximate surface area is 60.4 Å². The third-order valence-electron chi connectivity index (χ3n) is 1.05. The minimum Gasteiger partial charge on any atom is -0.458 e. The lowest BCUT2D eigenvalue weighted by Crippen LogP contribution is -2.05. The molecule has 0 aromatic carbocycles. The van der Waals surface area contributed by atoms with E-state index >= 15 is 0 Å². The molecule has 0 bridgehead atoms. The van der Waals surface area contributed by atoms with Crippen LogP contribution in [0.25, 0.3) is 0 Å². The van der Waals surface area contributed by atoms with Gasteiger partial charge in [0, 0.05) is 6.42 Å². The lowest BCUT2D eigenvalue weighted by atomic mass is 10.2. The number of hydrogen-bond acceptors (Lipinski definition) is 3. The summed E-state index contributed by atoms with van der Waals surface area (Å²) in [5.74, 6) is -0.283. The molecule has 0 aliphatic carbocycles. The number of carbonyl (C=O) groups is 2. The minimum atomic E-state index is -0.283. The Morgan fingerprint density at radius 3 is 2.80 bits per heavy atom. The first-order valence-corrected chi connectivity index (χ1v) is 3.40. The highest BCUT2D eigenvalue weighted by Gasteiger charge is 1.98. The van der Waals surface area contributed by atoms with Gasteiger partial charge in [0.2, 0.25) is 0 Å². The van der Waals surface area contributed by atoms with E-state index < -0.39 is 0 Å². The maximum Gasteiger partial charge on any atom is 0.306 e. The lowest BCUT2D eigenvalue weighted by Gasteiger charge is -1.97. The number of rotatable bonds is 5. The van der Waals surface area contributed by atoms with E-state index in [0.29, 0.717) is 12.7 Å².